The molecule has 9 heteroatoms. The summed E-state index contributed by atoms with van der Waals surface area (Å²) in [7, 11) is 0. The number of aromatic nitrogens is 3. The summed E-state index contributed by atoms with van der Waals surface area (Å²) in [6, 6.07) is 7.14. The summed E-state index contributed by atoms with van der Waals surface area (Å²) in [6.07, 6.45) is 3.72. The van der Waals surface area contributed by atoms with Crippen molar-refractivity contribution in [2.45, 2.75) is 50.6 Å². The lowest BCUT2D eigenvalue weighted by atomic mass is 9.64. The number of hydrogen-bond acceptors (Lipinski definition) is 5. The topological polar surface area (TPSA) is 103 Å². The van der Waals surface area contributed by atoms with Crippen molar-refractivity contribution in [1.82, 2.24) is 19.5 Å². The Balaban J connectivity index is 1.31. The highest BCUT2D eigenvalue weighted by atomic mass is 19.1. The molecule has 2 saturated carbocycles. The normalized spacial score (nSPS) is 21.8. The fraction of sp³-hybridized carbons (Fsp3) is 0.571. The van der Waals surface area contributed by atoms with E-state index in [2.05, 4.69) is 15.4 Å². The average Bonchev–Trinajstić information content (AvgIpc) is 3.47. The van der Waals surface area contributed by atoms with E-state index >= 15 is 4.39 Å². The van der Waals surface area contributed by atoms with Gasteiger partial charge in [-0.2, -0.15) is 10.2 Å². The van der Waals surface area contributed by atoms with Gasteiger partial charge in [-0.25, -0.2) is 8.91 Å². The van der Waals surface area contributed by atoms with E-state index in [0.29, 0.717) is 50.1 Å². The smallest absolute Gasteiger partial charge is 0.249 e. The number of halogens is 1. The highest BCUT2D eigenvalue weighted by Gasteiger charge is 2.51. The third-order valence-corrected chi connectivity index (χ3v) is 6.74. The summed E-state index contributed by atoms with van der Waals surface area (Å²) in [6.45, 7) is 1.21. The molecule has 1 spiro atoms. The van der Waals surface area contributed by atoms with E-state index in [1.54, 1.807) is 23.1 Å². The predicted octanol–water partition coefficient (Wildman–Crippen LogP) is 2.56. The molecule has 0 bridgehead atoms. The predicted molar refractivity (Wildman–Crippen MR) is 105 cm³/mol. The number of fused-ring (bicyclic) bond motifs is 1. The van der Waals surface area contributed by atoms with Gasteiger partial charge in [0.25, 0.3) is 0 Å². The van der Waals surface area contributed by atoms with Gasteiger partial charge in [-0.15, -0.1) is 5.10 Å². The minimum absolute atomic E-state index is 0.0413. The number of hydrogen-bond donors (Lipinski definition) is 1. The molecule has 3 fully saturated rings. The minimum atomic E-state index is -1.53. The molecule has 2 aromatic rings. The van der Waals surface area contributed by atoms with Gasteiger partial charge in [0.05, 0.1) is 11.8 Å². The second-order valence-electron chi connectivity index (χ2n) is 8.93. The van der Waals surface area contributed by atoms with Crippen LogP contribution in [0.15, 0.2) is 18.2 Å². The van der Waals surface area contributed by atoms with Crippen molar-refractivity contribution in [3.63, 3.8) is 0 Å². The van der Waals surface area contributed by atoms with Crippen LogP contribution in [0, 0.1) is 22.7 Å². The molecule has 3 heterocycles. The summed E-state index contributed by atoms with van der Waals surface area (Å²) in [4.78, 5) is 29.9. The lowest BCUT2D eigenvalue weighted by Crippen LogP contribution is -2.60. The number of carbonyl (C=O) groups excluding carboxylic acids is 2. The minimum Gasteiger partial charge on any atom is -0.341 e. The lowest BCUT2D eigenvalue weighted by Gasteiger charge is -2.54. The maximum Gasteiger partial charge on any atom is 0.249 e. The number of nitriles is 1. The van der Waals surface area contributed by atoms with Crippen LogP contribution in [0.3, 0.4) is 0 Å². The highest BCUT2D eigenvalue weighted by Crippen LogP contribution is 2.51. The van der Waals surface area contributed by atoms with Crippen LogP contribution in [-0.4, -0.2) is 44.4 Å². The summed E-state index contributed by atoms with van der Waals surface area (Å²) in [5.74, 6) is 0.0250. The monoisotopic (exact) mass is 410 g/mol. The second-order valence-corrected chi connectivity index (χ2v) is 8.93. The largest absolute Gasteiger partial charge is 0.341 e. The van der Waals surface area contributed by atoms with Crippen LogP contribution in [0.25, 0.3) is 5.65 Å². The molecule has 30 heavy (non-hydrogen) atoms. The molecule has 2 amide bonds. The maximum atomic E-state index is 16.0. The standard InChI is InChI=1S/C21H23FN6O2/c22-21(9-7-20(8-10-21)12-27(13-20)17(29)6-11-23)15-2-1-3-16-24-19(26-28(15)16)25-18(30)14-4-5-14/h1-3,14H,4-10,12-13H2,(H,25,26,30). The van der Waals surface area contributed by atoms with Crippen molar-refractivity contribution in [3.05, 3.63) is 23.9 Å². The highest BCUT2D eigenvalue weighted by molar-refractivity contribution is 5.92. The Bertz CT molecular complexity index is 1050. The van der Waals surface area contributed by atoms with E-state index in [1.807, 2.05) is 6.07 Å². The van der Waals surface area contributed by atoms with Gasteiger partial charge in [0.15, 0.2) is 11.3 Å². The molecule has 0 radical (unpaired) electrons. The number of amides is 2. The molecule has 0 aromatic carbocycles. The van der Waals surface area contributed by atoms with Crippen molar-refractivity contribution < 1.29 is 14.0 Å². The molecule has 1 aliphatic heterocycles. The van der Waals surface area contributed by atoms with Gasteiger partial charge in [-0.3, -0.25) is 14.9 Å². The number of carbonyl (C=O) groups is 2. The zero-order valence-corrected chi connectivity index (χ0v) is 16.6. The zero-order chi connectivity index (χ0) is 20.9. The Morgan fingerprint density at radius 1 is 1.23 bits per heavy atom. The van der Waals surface area contributed by atoms with E-state index in [0.717, 1.165) is 12.8 Å². The Kier molecular flexibility index (Phi) is 4.27. The van der Waals surface area contributed by atoms with Gasteiger partial charge < -0.3 is 4.90 Å². The number of nitrogens with one attached hydrogen (secondary N) is 1. The van der Waals surface area contributed by atoms with Crippen molar-refractivity contribution in [2.24, 2.45) is 11.3 Å². The molecule has 0 atom stereocenters. The molecule has 2 aromatic heterocycles. The van der Waals surface area contributed by atoms with Crippen molar-refractivity contribution >= 4 is 23.4 Å². The first-order chi connectivity index (χ1) is 14.4. The second kappa shape index (κ2) is 6.76. The van der Waals surface area contributed by atoms with Crippen LogP contribution in [0.5, 0.6) is 0 Å². The van der Waals surface area contributed by atoms with Gasteiger partial charge >= 0.3 is 0 Å². The molecule has 1 saturated heterocycles. The first kappa shape index (κ1) is 19.0. The summed E-state index contributed by atoms with van der Waals surface area (Å²) < 4.78 is 17.5. The molecule has 5 rings (SSSR count). The summed E-state index contributed by atoms with van der Waals surface area (Å²) in [5.41, 5.74) is -0.618. The number of pyridine rings is 1. The molecular weight excluding hydrogens is 387 g/mol. The summed E-state index contributed by atoms with van der Waals surface area (Å²) >= 11 is 0. The van der Waals surface area contributed by atoms with E-state index < -0.39 is 5.67 Å². The SMILES string of the molecule is N#CCC(=O)N1CC2(CCC(F)(c3cccc4nc(NC(=O)C5CC5)nn34)CC2)C1. The van der Waals surface area contributed by atoms with E-state index in [-0.39, 0.29) is 35.5 Å². The average molecular weight is 410 g/mol. The van der Waals surface area contributed by atoms with Crippen LogP contribution in [0.2, 0.25) is 0 Å². The Morgan fingerprint density at radius 2 is 1.97 bits per heavy atom. The van der Waals surface area contributed by atoms with Gasteiger partial charge in [0, 0.05) is 24.4 Å². The Morgan fingerprint density at radius 3 is 2.63 bits per heavy atom. The first-order valence-electron chi connectivity index (χ1n) is 10.4. The summed E-state index contributed by atoms with van der Waals surface area (Å²) in [5, 5.41) is 15.8. The van der Waals surface area contributed by atoms with Gasteiger partial charge in [0.1, 0.15) is 6.42 Å². The fourth-order valence-corrected chi connectivity index (χ4v) is 4.72. The first-order valence-corrected chi connectivity index (χ1v) is 10.4. The van der Waals surface area contributed by atoms with Crippen molar-refractivity contribution in [3.8, 4) is 6.07 Å². The zero-order valence-electron chi connectivity index (χ0n) is 16.6. The van der Waals surface area contributed by atoms with Crippen LogP contribution in [0.1, 0.15) is 50.6 Å². The molecular formula is C21H23FN6O2. The Labute approximate surface area is 173 Å². The molecule has 8 nitrogen and oxygen atoms in total. The number of likely N-dealkylation sites (tertiary alicyclic amines) is 1. The molecule has 0 unspecified atom stereocenters. The number of alkyl halides is 1. The van der Waals surface area contributed by atoms with Crippen molar-refractivity contribution in [1.29, 1.82) is 5.26 Å². The van der Waals surface area contributed by atoms with Gasteiger partial charge in [-0.05, 0) is 50.7 Å². The molecule has 156 valence electrons. The van der Waals surface area contributed by atoms with Crippen LogP contribution in [-0.2, 0) is 15.3 Å². The Hall–Kier alpha value is -3.02. The third-order valence-electron chi connectivity index (χ3n) is 6.74. The number of nitrogens with zero attached hydrogens (tertiary/aromatic N) is 5. The molecule has 3 aliphatic rings. The van der Waals surface area contributed by atoms with Crippen LogP contribution < -0.4 is 5.32 Å². The number of rotatable bonds is 4. The van der Waals surface area contributed by atoms with E-state index in [1.165, 1.54) is 4.52 Å². The lowest BCUT2D eigenvalue weighted by molar-refractivity contribution is -0.147. The van der Waals surface area contributed by atoms with Crippen molar-refractivity contribution in [2.75, 3.05) is 18.4 Å². The maximum absolute atomic E-state index is 16.0. The quantitative estimate of drug-likeness (QED) is 0.834. The van der Waals surface area contributed by atoms with Crippen LogP contribution in [0.4, 0.5) is 10.3 Å². The van der Waals surface area contributed by atoms with Gasteiger partial charge in [0.2, 0.25) is 17.8 Å². The molecule has 2 aliphatic carbocycles. The van der Waals surface area contributed by atoms with Gasteiger partial charge in [-0.1, -0.05) is 6.07 Å². The number of anilines is 1. The third kappa shape index (κ3) is 3.20. The van der Waals surface area contributed by atoms with Crippen LogP contribution >= 0.6 is 0 Å². The van der Waals surface area contributed by atoms with E-state index in [4.69, 9.17) is 5.26 Å². The fourth-order valence-electron chi connectivity index (χ4n) is 4.72. The van der Waals surface area contributed by atoms with E-state index in [9.17, 15) is 9.59 Å². The molecule has 1 N–H and O–H groups in total.